The molecular weight excluding hydrogens is 252 g/mol. The van der Waals surface area contributed by atoms with Gasteiger partial charge in [-0.1, -0.05) is 76.3 Å². The Morgan fingerprint density at radius 3 is 0.619 bits per heavy atom. The van der Waals surface area contributed by atoms with E-state index in [1.54, 1.807) is 0 Å². The average Bonchev–Trinajstić information content (AvgIpc) is 3.01. The van der Waals surface area contributed by atoms with Crippen LogP contribution in [0.5, 0.6) is 0 Å². The first-order chi connectivity index (χ1) is 6.90. The van der Waals surface area contributed by atoms with Gasteiger partial charge in [0.1, 0.15) is 0 Å². The van der Waals surface area contributed by atoms with Gasteiger partial charge in [0.15, 0.2) is 0 Å². The van der Waals surface area contributed by atoms with Gasteiger partial charge in [-0.3, -0.25) is 0 Å². The predicted octanol–water partition coefficient (Wildman–Crippen LogP) is 8.40. The van der Waals surface area contributed by atoms with Crippen molar-refractivity contribution in [2.75, 3.05) is 0 Å². The fourth-order valence-corrected chi connectivity index (χ4v) is 3.43. The van der Waals surface area contributed by atoms with Crippen molar-refractivity contribution in [1.29, 1.82) is 0 Å². The maximum absolute atomic E-state index is 2.38. The Bertz CT molecular complexity index is 209. The van der Waals surface area contributed by atoms with Gasteiger partial charge in [-0.25, -0.2) is 0 Å². The summed E-state index contributed by atoms with van der Waals surface area (Å²) in [5, 5.41) is 0. The monoisotopic (exact) mass is 300 g/mol. The third kappa shape index (κ3) is 7.88. The van der Waals surface area contributed by atoms with Gasteiger partial charge in [-0.05, 0) is 62.2 Å². The van der Waals surface area contributed by atoms with Crippen LogP contribution in [-0.4, -0.2) is 0 Å². The van der Waals surface area contributed by atoms with Crippen molar-refractivity contribution in [1.82, 2.24) is 0 Å². The third-order valence-electron chi connectivity index (χ3n) is 4.34. The second-order valence-corrected chi connectivity index (χ2v) is 5.44. The van der Waals surface area contributed by atoms with E-state index in [4.69, 9.17) is 0 Å². The molecule has 4 aliphatic rings. The normalized spacial score (nSPS) is 30.5. The first kappa shape index (κ1) is 32.4. The average molecular weight is 301 g/mol. The van der Waals surface area contributed by atoms with Gasteiger partial charge in [-0.15, -0.1) is 0 Å². The maximum atomic E-state index is 2.38. The molecular formula is C21H48. The summed E-state index contributed by atoms with van der Waals surface area (Å²) in [7, 11) is 0. The zero-order valence-electron chi connectivity index (χ0n) is 8.86. The topological polar surface area (TPSA) is 0 Å². The van der Waals surface area contributed by atoms with Crippen LogP contribution in [0.15, 0.2) is 24.3 Å². The Morgan fingerprint density at radius 2 is 0.571 bits per heavy atom. The minimum Gasteiger partial charge on any atom is -0.0851 e. The zero-order valence-corrected chi connectivity index (χ0v) is 8.86. The van der Waals surface area contributed by atoms with Crippen LogP contribution < -0.4 is 0 Å². The Hall–Kier alpha value is -0.520. The van der Waals surface area contributed by atoms with Crippen LogP contribution in [0, 0.1) is 23.7 Å². The van der Waals surface area contributed by atoms with E-state index in [1.807, 2.05) is 0 Å². The Morgan fingerprint density at radius 1 is 0.381 bits per heavy atom. The summed E-state index contributed by atoms with van der Waals surface area (Å²) in [4.78, 5) is 0. The highest BCUT2D eigenvalue weighted by atomic mass is 14.3. The summed E-state index contributed by atoms with van der Waals surface area (Å²) in [5.74, 6) is 3.96. The van der Waals surface area contributed by atoms with Crippen molar-refractivity contribution >= 4 is 0 Å². The third-order valence-corrected chi connectivity index (χ3v) is 4.34. The minimum absolute atomic E-state index is 0. The molecule has 0 aromatic carbocycles. The van der Waals surface area contributed by atoms with Gasteiger partial charge >= 0.3 is 0 Å². The van der Waals surface area contributed by atoms with Crippen molar-refractivity contribution in [3.8, 4) is 0 Å². The number of hydrogen-bond donors (Lipinski definition) is 0. The summed E-state index contributed by atoms with van der Waals surface area (Å²) in [6.07, 6.45) is 18.4. The fraction of sp³-hybridized carbons (Fsp3) is 0.810. The van der Waals surface area contributed by atoms with Gasteiger partial charge in [0.2, 0.25) is 0 Å². The summed E-state index contributed by atoms with van der Waals surface area (Å²) in [6.45, 7) is 0. The van der Waals surface area contributed by atoms with E-state index in [0.29, 0.717) is 0 Å². The number of hydrogen-bond acceptors (Lipinski definition) is 0. The van der Waals surface area contributed by atoms with E-state index < -0.39 is 0 Å². The van der Waals surface area contributed by atoms with Gasteiger partial charge in [0, 0.05) is 0 Å². The van der Waals surface area contributed by atoms with Crippen LogP contribution in [0.2, 0.25) is 0 Å². The molecule has 0 heterocycles. The highest BCUT2D eigenvalue weighted by molar-refractivity contribution is 5.07. The number of allylic oxidation sites excluding steroid dienone is 4. The summed E-state index contributed by atoms with van der Waals surface area (Å²) >= 11 is 0. The largest absolute Gasteiger partial charge is 0.0851 e. The van der Waals surface area contributed by atoms with Crippen LogP contribution in [0.25, 0.3) is 0 Å². The van der Waals surface area contributed by atoms with Crippen molar-refractivity contribution in [3.05, 3.63) is 24.3 Å². The lowest BCUT2D eigenvalue weighted by Gasteiger charge is -1.96. The Balaban J connectivity index is -0.0000000610. The molecule has 0 amide bonds. The van der Waals surface area contributed by atoms with Crippen LogP contribution in [0.3, 0.4) is 0 Å². The first-order valence-electron chi connectivity index (χ1n) is 6.27. The van der Waals surface area contributed by atoms with Crippen LogP contribution in [0.1, 0.15) is 90.5 Å². The molecule has 4 rings (SSSR count). The van der Waals surface area contributed by atoms with E-state index in [9.17, 15) is 0 Å². The second-order valence-electron chi connectivity index (χ2n) is 5.44. The van der Waals surface area contributed by atoms with Gasteiger partial charge in [-0.2, -0.15) is 0 Å². The molecule has 0 nitrogen and oxygen atoms in total. The van der Waals surface area contributed by atoms with Crippen molar-refractivity contribution in [2.45, 2.75) is 90.5 Å². The van der Waals surface area contributed by atoms with Crippen LogP contribution >= 0.6 is 0 Å². The molecule has 0 saturated heterocycles. The molecule has 132 valence electrons. The molecule has 21 heavy (non-hydrogen) atoms. The Kier molecular flexibility index (Phi) is 22.3. The van der Waals surface area contributed by atoms with Crippen LogP contribution in [-0.2, 0) is 0 Å². The lowest BCUT2D eigenvalue weighted by atomic mass is 10.1. The molecule has 0 heteroatoms. The molecule has 2 saturated carbocycles. The van der Waals surface area contributed by atoms with Crippen LogP contribution in [0.4, 0.5) is 0 Å². The Labute approximate surface area is 139 Å². The maximum Gasteiger partial charge on any atom is -0.0228 e. The second kappa shape index (κ2) is 14.4. The van der Waals surface area contributed by atoms with E-state index in [0.717, 1.165) is 23.7 Å². The number of fused-ring (bicyclic) bond motifs is 4. The van der Waals surface area contributed by atoms with Crippen molar-refractivity contribution in [3.63, 3.8) is 0 Å². The molecule has 4 aliphatic carbocycles. The predicted molar refractivity (Wildman–Crippen MR) is 107 cm³/mol. The minimum atomic E-state index is 0. The van der Waals surface area contributed by atoms with Gasteiger partial charge in [0.05, 0.1) is 0 Å². The van der Waals surface area contributed by atoms with E-state index in [2.05, 4.69) is 24.3 Å². The number of rotatable bonds is 0. The summed E-state index contributed by atoms with van der Waals surface area (Å²) in [6, 6.07) is 0. The van der Waals surface area contributed by atoms with Crippen molar-refractivity contribution < 1.29 is 0 Å². The first-order valence-corrected chi connectivity index (χ1v) is 6.27. The SMILES string of the molecule is C.C.C.C.C.C.C.C1=CC2CCC1C2.C1=CC2CCC1C2. The van der Waals surface area contributed by atoms with E-state index >= 15 is 0 Å². The highest BCUT2D eigenvalue weighted by Crippen LogP contribution is 2.38. The highest BCUT2D eigenvalue weighted by Gasteiger charge is 2.25. The molecule has 2 fully saturated rings. The van der Waals surface area contributed by atoms with E-state index in [-0.39, 0.29) is 52.0 Å². The zero-order chi connectivity index (χ0) is 9.38. The standard InChI is InChI=1S/2C7H10.7CH4/c2*1-2-7-4-3-6(1)5-7;;;;;;;/h2*1-2,6-7H,3-5H2;7*1H4. The molecule has 0 N–H and O–H groups in total. The molecule has 0 aromatic heterocycles. The molecule has 4 unspecified atom stereocenters. The summed E-state index contributed by atoms with van der Waals surface area (Å²) in [5.41, 5.74) is 0. The molecule has 4 bridgehead atoms. The summed E-state index contributed by atoms with van der Waals surface area (Å²) < 4.78 is 0. The van der Waals surface area contributed by atoms with Gasteiger partial charge < -0.3 is 0 Å². The van der Waals surface area contributed by atoms with Gasteiger partial charge in [0.25, 0.3) is 0 Å². The molecule has 0 aromatic rings. The quantitative estimate of drug-likeness (QED) is 0.394. The fourth-order valence-electron chi connectivity index (χ4n) is 3.43. The lowest BCUT2D eigenvalue weighted by Crippen LogP contribution is -1.82. The molecule has 0 radical (unpaired) electrons. The van der Waals surface area contributed by atoms with E-state index in [1.165, 1.54) is 38.5 Å². The molecule has 4 atom stereocenters. The molecule has 0 aliphatic heterocycles. The smallest absolute Gasteiger partial charge is 0.0228 e. The lowest BCUT2D eigenvalue weighted by molar-refractivity contribution is 0.691. The molecule has 0 spiro atoms. The van der Waals surface area contributed by atoms with Crippen molar-refractivity contribution in [2.24, 2.45) is 23.7 Å².